The lowest BCUT2D eigenvalue weighted by Gasteiger charge is -2.18. The predicted octanol–water partition coefficient (Wildman–Crippen LogP) is 3.23. The SMILES string of the molecule is CN(CCCNC(=O)c1nn(C)c2c1COc1ccccc1-2)Cc1ccccc1. The van der Waals surface area contributed by atoms with E-state index in [0.29, 0.717) is 18.8 Å². The van der Waals surface area contributed by atoms with Crippen molar-refractivity contribution in [3.8, 4) is 17.0 Å². The van der Waals surface area contributed by atoms with Gasteiger partial charge in [0.2, 0.25) is 0 Å². The van der Waals surface area contributed by atoms with Crippen molar-refractivity contribution in [2.24, 2.45) is 7.05 Å². The lowest BCUT2D eigenvalue weighted by Crippen LogP contribution is -2.29. The van der Waals surface area contributed by atoms with E-state index in [0.717, 1.165) is 42.1 Å². The zero-order chi connectivity index (χ0) is 20.2. The van der Waals surface area contributed by atoms with Gasteiger partial charge in [-0.05, 0) is 37.7 Å². The van der Waals surface area contributed by atoms with E-state index in [2.05, 4.69) is 46.6 Å². The molecule has 0 saturated heterocycles. The van der Waals surface area contributed by atoms with E-state index >= 15 is 0 Å². The maximum Gasteiger partial charge on any atom is 0.272 e. The standard InChI is InChI=1S/C23H26N4O2/c1-26(15-17-9-4-3-5-10-17)14-8-13-24-23(28)21-19-16-29-20-12-7-6-11-18(20)22(19)27(2)25-21/h3-7,9-12H,8,13-16H2,1-2H3,(H,24,28). The number of carbonyl (C=O) groups is 1. The molecular weight excluding hydrogens is 364 g/mol. The van der Waals surface area contributed by atoms with Crippen molar-refractivity contribution >= 4 is 5.91 Å². The second kappa shape index (κ2) is 8.49. The highest BCUT2D eigenvalue weighted by molar-refractivity contribution is 5.96. The molecule has 29 heavy (non-hydrogen) atoms. The number of hydrogen-bond acceptors (Lipinski definition) is 4. The average Bonchev–Trinajstić information content (AvgIpc) is 3.09. The second-order valence-electron chi connectivity index (χ2n) is 7.42. The topological polar surface area (TPSA) is 59.4 Å². The predicted molar refractivity (Wildman–Crippen MR) is 113 cm³/mol. The number of rotatable bonds is 7. The first kappa shape index (κ1) is 19.2. The van der Waals surface area contributed by atoms with Gasteiger partial charge in [-0.25, -0.2) is 0 Å². The van der Waals surface area contributed by atoms with Crippen molar-refractivity contribution in [1.29, 1.82) is 0 Å². The third-order valence-corrected chi connectivity index (χ3v) is 5.17. The largest absolute Gasteiger partial charge is 0.488 e. The van der Waals surface area contributed by atoms with Gasteiger partial charge in [0.15, 0.2) is 5.69 Å². The molecule has 0 aliphatic carbocycles. The van der Waals surface area contributed by atoms with E-state index in [4.69, 9.17) is 4.74 Å². The van der Waals surface area contributed by atoms with Crippen molar-refractivity contribution in [3.05, 3.63) is 71.4 Å². The fourth-order valence-corrected chi connectivity index (χ4v) is 3.77. The molecule has 0 fully saturated rings. The summed E-state index contributed by atoms with van der Waals surface area (Å²) in [5.41, 5.74) is 4.53. The summed E-state index contributed by atoms with van der Waals surface area (Å²) in [6.45, 7) is 2.79. The maximum absolute atomic E-state index is 12.7. The first-order valence-corrected chi connectivity index (χ1v) is 9.92. The normalized spacial score (nSPS) is 12.2. The highest BCUT2D eigenvalue weighted by atomic mass is 16.5. The smallest absolute Gasteiger partial charge is 0.272 e. The Kier molecular flexibility index (Phi) is 5.62. The van der Waals surface area contributed by atoms with Gasteiger partial charge in [0, 0.05) is 31.3 Å². The van der Waals surface area contributed by atoms with Crippen LogP contribution in [-0.2, 0) is 20.2 Å². The molecule has 1 amide bonds. The minimum absolute atomic E-state index is 0.143. The molecule has 1 aliphatic rings. The molecule has 1 N–H and O–H groups in total. The summed E-state index contributed by atoms with van der Waals surface area (Å²) in [7, 11) is 3.97. The third-order valence-electron chi connectivity index (χ3n) is 5.17. The minimum atomic E-state index is -0.143. The van der Waals surface area contributed by atoms with Crippen molar-refractivity contribution < 1.29 is 9.53 Å². The van der Waals surface area contributed by atoms with Crippen LogP contribution in [0, 0.1) is 0 Å². The third kappa shape index (κ3) is 4.17. The molecule has 2 aromatic carbocycles. The molecule has 0 atom stereocenters. The molecule has 0 saturated carbocycles. The summed E-state index contributed by atoms with van der Waals surface area (Å²) in [5.74, 6) is 0.687. The summed E-state index contributed by atoms with van der Waals surface area (Å²) in [6, 6.07) is 18.2. The van der Waals surface area contributed by atoms with Crippen molar-refractivity contribution in [2.75, 3.05) is 20.1 Å². The summed E-state index contributed by atoms with van der Waals surface area (Å²) >= 11 is 0. The van der Waals surface area contributed by atoms with Gasteiger partial charge in [-0.1, -0.05) is 42.5 Å². The summed E-state index contributed by atoms with van der Waals surface area (Å²) < 4.78 is 7.60. The number of carbonyl (C=O) groups excluding carboxylic acids is 1. The lowest BCUT2D eigenvalue weighted by atomic mass is 10.0. The zero-order valence-electron chi connectivity index (χ0n) is 16.9. The van der Waals surface area contributed by atoms with Gasteiger partial charge in [-0.2, -0.15) is 5.10 Å². The van der Waals surface area contributed by atoms with Gasteiger partial charge in [0.25, 0.3) is 5.91 Å². The number of benzene rings is 2. The molecule has 6 nitrogen and oxygen atoms in total. The van der Waals surface area contributed by atoms with E-state index < -0.39 is 0 Å². The number of nitrogens with one attached hydrogen (secondary N) is 1. The highest BCUT2D eigenvalue weighted by Crippen LogP contribution is 2.38. The molecule has 0 radical (unpaired) electrons. The molecule has 4 rings (SSSR count). The molecule has 2 heterocycles. The molecule has 0 unspecified atom stereocenters. The van der Waals surface area contributed by atoms with Gasteiger partial charge >= 0.3 is 0 Å². The molecule has 1 aliphatic heterocycles. The first-order chi connectivity index (χ1) is 14.1. The Bertz CT molecular complexity index is 997. The Balaban J connectivity index is 1.33. The number of aryl methyl sites for hydroxylation is 1. The lowest BCUT2D eigenvalue weighted by molar-refractivity contribution is 0.0943. The van der Waals surface area contributed by atoms with E-state index in [1.54, 1.807) is 4.68 Å². The number of amides is 1. The highest BCUT2D eigenvalue weighted by Gasteiger charge is 2.27. The van der Waals surface area contributed by atoms with Crippen LogP contribution in [-0.4, -0.2) is 40.7 Å². The molecule has 6 heteroatoms. The van der Waals surface area contributed by atoms with E-state index in [-0.39, 0.29) is 5.91 Å². The fourth-order valence-electron chi connectivity index (χ4n) is 3.77. The van der Waals surface area contributed by atoms with Gasteiger partial charge in [-0.15, -0.1) is 0 Å². The van der Waals surface area contributed by atoms with Crippen molar-refractivity contribution in [1.82, 2.24) is 20.0 Å². The molecule has 0 bridgehead atoms. The van der Waals surface area contributed by atoms with Crippen LogP contribution in [0.15, 0.2) is 54.6 Å². The maximum atomic E-state index is 12.7. The van der Waals surface area contributed by atoms with Crippen LogP contribution < -0.4 is 10.1 Å². The zero-order valence-corrected chi connectivity index (χ0v) is 16.9. The minimum Gasteiger partial charge on any atom is -0.488 e. The quantitative estimate of drug-likeness (QED) is 0.629. The van der Waals surface area contributed by atoms with Crippen molar-refractivity contribution in [3.63, 3.8) is 0 Å². The number of para-hydroxylation sites is 1. The van der Waals surface area contributed by atoms with Crippen LogP contribution in [0.1, 0.15) is 28.0 Å². The second-order valence-corrected chi connectivity index (χ2v) is 7.42. The number of aromatic nitrogens is 2. The molecule has 150 valence electrons. The van der Waals surface area contributed by atoms with Gasteiger partial charge < -0.3 is 15.0 Å². The van der Waals surface area contributed by atoms with Crippen LogP contribution in [0.2, 0.25) is 0 Å². The number of nitrogens with zero attached hydrogens (tertiary/aromatic N) is 3. The van der Waals surface area contributed by atoms with Gasteiger partial charge in [-0.3, -0.25) is 9.48 Å². The van der Waals surface area contributed by atoms with Crippen molar-refractivity contribution in [2.45, 2.75) is 19.6 Å². The van der Waals surface area contributed by atoms with Crippen LogP contribution in [0.25, 0.3) is 11.3 Å². The number of ether oxygens (including phenoxy) is 1. The van der Waals surface area contributed by atoms with Crippen LogP contribution in [0.5, 0.6) is 5.75 Å². The molecule has 0 spiro atoms. The van der Waals surface area contributed by atoms with Gasteiger partial charge in [0.05, 0.1) is 5.69 Å². The van der Waals surface area contributed by atoms with Crippen LogP contribution in [0.4, 0.5) is 0 Å². The van der Waals surface area contributed by atoms with E-state index in [1.807, 2.05) is 37.4 Å². The van der Waals surface area contributed by atoms with Crippen LogP contribution >= 0.6 is 0 Å². The summed E-state index contributed by atoms with van der Waals surface area (Å²) in [5, 5.41) is 7.48. The van der Waals surface area contributed by atoms with Gasteiger partial charge in [0.1, 0.15) is 12.4 Å². The number of fused-ring (bicyclic) bond motifs is 3. The Morgan fingerprint density at radius 1 is 1.17 bits per heavy atom. The Morgan fingerprint density at radius 2 is 1.93 bits per heavy atom. The summed E-state index contributed by atoms with van der Waals surface area (Å²) in [4.78, 5) is 15.0. The van der Waals surface area contributed by atoms with E-state index in [1.165, 1.54) is 5.56 Å². The Morgan fingerprint density at radius 3 is 2.76 bits per heavy atom. The summed E-state index contributed by atoms with van der Waals surface area (Å²) in [6.07, 6.45) is 0.878. The molecule has 3 aromatic rings. The molecular formula is C23H26N4O2. The molecule has 1 aromatic heterocycles. The Labute approximate surface area is 171 Å². The van der Waals surface area contributed by atoms with E-state index in [9.17, 15) is 4.79 Å². The monoisotopic (exact) mass is 390 g/mol. The van der Waals surface area contributed by atoms with Crippen LogP contribution in [0.3, 0.4) is 0 Å². The number of hydrogen-bond donors (Lipinski definition) is 1. The first-order valence-electron chi connectivity index (χ1n) is 9.92. The Hall–Kier alpha value is -3.12. The average molecular weight is 390 g/mol. The fraction of sp³-hybridized carbons (Fsp3) is 0.304.